The first kappa shape index (κ1) is 14.2. The minimum atomic E-state index is -0.656. The molecule has 0 aliphatic rings. The topological polar surface area (TPSA) is 52.5 Å². The number of aryl methyl sites for hydroxylation is 2. The highest BCUT2D eigenvalue weighted by Crippen LogP contribution is 2.08. The van der Waals surface area contributed by atoms with Crippen molar-refractivity contribution in [2.75, 3.05) is 13.2 Å². The van der Waals surface area contributed by atoms with Crippen molar-refractivity contribution in [2.45, 2.75) is 38.8 Å². The normalized spacial score (nSPS) is 14.6. The fourth-order valence-electron chi connectivity index (χ4n) is 1.75. The molecule has 0 saturated heterocycles. The van der Waals surface area contributed by atoms with Crippen LogP contribution in [0.5, 0.6) is 0 Å². The van der Waals surface area contributed by atoms with E-state index in [0.717, 1.165) is 12.8 Å². The fraction of sp³-hybridized carbons (Fsp3) is 0.571. The van der Waals surface area contributed by atoms with Crippen LogP contribution in [0, 0.1) is 6.92 Å². The van der Waals surface area contributed by atoms with E-state index in [1.165, 1.54) is 11.1 Å². The molecule has 0 amide bonds. The second kappa shape index (κ2) is 7.43. The quantitative estimate of drug-likeness (QED) is 0.669. The van der Waals surface area contributed by atoms with E-state index >= 15 is 0 Å². The minimum absolute atomic E-state index is 0.183. The van der Waals surface area contributed by atoms with Gasteiger partial charge in [0.2, 0.25) is 0 Å². The van der Waals surface area contributed by atoms with E-state index in [-0.39, 0.29) is 6.61 Å². The molecule has 3 nitrogen and oxygen atoms in total. The van der Waals surface area contributed by atoms with Crippen molar-refractivity contribution >= 4 is 0 Å². The summed E-state index contributed by atoms with van der Waals surface area (Å²) in [5.41, 5.74) is 2.64. The Bertz CT molecular complexity index is 328. The van der Waals surface area contributed by atoms with Gasteiger partial charge in [-0.2, -0.15) is 0 Å². The second-order valence-corrected chi connectivity index (χ2v) is 4.67. The van der Waals surface area contributed by atoms with Gasteiger partial charge in [-0.05, 0) is 32.3 Å². The zero-order valence-electron chi connectivity index (χ0n) is 10.7. The Morgan fingerprint density at radius 1 is 1.35 bits per heavy atom. The van der Waals surface area contributed by atoms with Gasteiger partial charge in [-0.25, -0.2) is 0 Å². The first-order chi connectivity index (χ1) is 8.11. The molecule has 1 aromatic carbocycles. The molecular weight excluding hydrogens is 214 g/mol. The van der Waals surface area contributed by atoms with Gasteiger partial charge in [-0.3, -0.25) is 0 Å². The summed E-state index contributed by atoms with van der Waals surface area (Å²) in [7, 11) is 0. The van der Waals surface area contributed by atoms with E-state index in [4.69, 9.17) is 5.11 Å². The molecule has 0 radical (unpaired) electrons. The zero-order valence-corrected chi connectivity index (χ0v) is 10.7. The molecule has 0 fully saturated rings. The molecule has 0 aromatic heterocycles. The van der Waals surface area contributed by atoms with E-state index in [1.807, 2.05) is 0 Å². The summed E-state index contributed by atoms with van der Waals surface area (Å²) >= 11 is 0. The molecule has 0 spiro atoms. The van der Waals surface area contributed by atoms with Crippen LogP contribution in [0.1, 0.15) is 24.5 Å². The highest BCUT2D eigenvalue weighted by atomic mass is 16.3. The van der Waals surface area contributed by atoms with Crippen LogP contribution >= 0.6 is 0 Å². The molecule has 0 aliphatic carbocycles. The fourth-order valence-corrected chi connectivity index (χ4v) is 1.75. The van der Waals surface area contributed by atoms with E-state index in [9.17, 15) is 5.11 Å². The molecule has 96 valence electrons. The van der Waals surface area contributed by atoms with Crippen LogP contribution in [-0.4, -0.2) is 35.5 Å². The first-order valence-electron chi connectivity index (χ1n) is 6.19. The molecule has 3 heteroatoms. The lowest BCUT2D eigenvalue weighted by Crippen LogP contribution is -2.35. The molecular formula is C14H23NO2. The third kappa shape index (κ3) is 5.82. The van der Waals surface area contributed by atoms with E-state index in [1.54, 1.807) is 0 Å². The number of rotatable bonds is 7. The highest BCUT2D eigenvalue weighted by Gasteiger charge is 2.06. The second-order valence-electron chi connectivity index (χ2n) is 4.67. The molecule has 2 atom stereocenters. The Morgan fingerprint density at radius 2 is 2.12 bits per heavy atom. The van der Waals surface area contributed by atoms with Gasteiger partial charge in [0.25, 0.3) is 0 Å². The molecule has 17 heavy (non-hydrogen) atoms. The van der Waals surface area contributed by atoms with Crippen LogP contribution in [0.3, 0.4) is 0 Å². The number of hydrogen-bond acceptors (Lipinski definition) is 3. The van der Waals surface area contributed by atoms with Gasteiger partial charge >= 0.3 is 0 Å². The third-order valence-corrected chi connectivity index (χ3v) is 2.86. The van der Waals surface area contributed by atoms with E-state index < -0.39 is 6.10 Å². The van der Waals surface area contributed by atoms with Crippen molar-refractivity contribution in [3.8, 4) is 0 Å². The van der Waals surface area contributed by atoms with Crippen molar-refractivity contribution in [3.05, 3.63) is 35.4 Å². The van der Waals surface area contributed by atoms with Gasteiger partial charge in [-0.15, -0.1) is 0 Å². The molecule has 2 unspecified atom stereocenters. The Labute approximate surface area is 103 Å². The van der Waals surface area contributed by atoms with Crippen molar-refractivity contribution < 1.29 is 10.2 Å². The van der Waals surface area contributed by atoms with Crippen LogP contribution in [0.15, 0.2) is 24.3 Å². The molecule has 1 rings (SSSR count). The Morgan fingerprint density at radius 3 is 2.76 bits per heavy atom. The maximum absolute atomic E-state index is 9.22. The number of hydrogen-bond donors (Lipinski definition) is 3. The van der Waals surface area contributed by atoms with Crippen LogP contribution in [-0.2, 0) is 6.42 Å². The predicted molar refractivity (Wildman–Crippen MR) is 70.1 cm³/mol. The van der Waals surface area contributed by atoms with Crippen molar-refractivity contribution in [2.24, 2.45) is 0 Å². The molecule has 0 saturated carbocycles. The minimum Gasteiger partial charge on any atom is -0.394 e. The van der Waals surface area contributed by atoms with E-state index in [2.05, 4.69) is 43.4 Å². The number of aliphatic hydroxyl groups is 2. The third-order valence-electron chi connectivity index (χ3n) is 2.86. The van der Waals surface area contributed by atoms with Crippen LogP contribution in [0.25, 0.3) is 0 Å². The summed E-state index contributed by atoms with van der Waals surface area (Å²) < 4.78 is 0. The van der Waals surface area contributed by atoms with Crippen molar-refractivity contribution in [1.29, 1.82) is 0 Å². The Balaban J connectivity index is 2.26. The number of benzene rings is 1. The smallest absolute Gasteiger partial charge is 0.0895 e. The van der Waals surface area contributed by atoms with Gasteiger partial charge in [0.05, 0.1) is 12.7 Å². The maximum Gasteiger partial charge on any atom is 0.0895 e. The first-order valence-corrected chi connectivity index (χ1v) is 6.19. The van der Waals surface area contributed by atoms with Crippen molar-refractivity contribution in [3.63, 3.8) is 0 Å². The van der Waals surface area contributed by atoms with Gasteiger partial charge in [-0.1, -0.05) is 29.8 Å². The average Bonchev–Trinajstić information content (AvgIpc) is 2.33. The van der Waals surface area contributed by atoms with Gasteiger partial charge in [0.15, 0.2) is 0 Å². The lowest BCUT2D eigenvalue weighted by molar-refractivity contribution is 0.0921. The van der Waals surface area contributed by atoms with E-state index in [0.29, 0.717) is 12.6 Å². The molecule has 3 N–H and O–H groups in total. The maximum atomic E-state index is 9.22. The number of nitrogens with one attached hydrogen (secondary N) is 1. The summed E-state index contributed by atoms with van der Waals surface area (Å²) in [6.07, 6.45) is 1.41. The highest BCUT2D eigenvalue weighted by molar-refractivity contribution is 5.22. The van der Waals surface area contributed by atoms with Gasteiger partial charge < -0.3 is 15.5 Å². The summed E-state index contributed by atoms with van der Waals surface area (Å²) in [5.74, 6) is 0. The molecule has 0 heterocycles. The summed E-state index contributed by atoms with van der Waals surface area (Å²) in [5, 5.41) is 21.1. The monoisotopic (exact) mass is 237 g/mol. The van der Waals surface area contributed by atoms with Gasteiger partial charge in [0.1, 0.15) is 0 Å². The molecule has 0 aliphatic heterocycles. The zero-order chi connectivity index (χ0) is 12.7. The summed E-state index contributed by atoms with van der Waals surface area (Å²) in [6, 6.07) is 8.87. The Hall–Kier alpha value is -0.900. The summed E-state index contributed by atoms with van der Waals surface area (Å²) in [4.78, 5) is 0. The summed E-state index contributed by atoms with van der Waals surface area (Å²) in [6.45, 7) is 4.46. The van der Waals surface area contributed by atoms with Gasteiger partial charge in [0, 0.05) is 12.6 Å². The molecule has 1 aromatic rings. The number of aliphatic hydroxyl groups excluding tert-OH is 2. The SMILES string of the molecule is Cc1cccc(CCC(C)NCC(O)CO)c1. The average molecular weight is 237 g/mol. The van der Waals surface area contributed by atoms with Crippen molar-refractivity contribution in [1.82, 2.24) is 5.32 Å². The lowest BCUT2D eigenvalue weighted by atomic mass is 10.0. The predicted octanol–water partition coefficient (Wildman–Crippen LogP) is 1.26. The van der Waals surface area contributed by atoms with Crippen LogP contribution < -0.4 is 5.32 Å². The standard InChI is InChI=1S/C14H23NO2/c1-11-4-3-5-13(8-11)7-6-12(2)15-9-14(17)10-16/h3-5,8,12,14-17H,6-7,9-10H2,1-2H3. The Kier molecular flexibility index (Phi) is 6.19. The molecule has 0 bridgehead atoms. The van der Waals surface area contributed by atoms with Crippen LogP contribution in [0.4, 0.5) is 0 Å². The largest absolute Gasteiger partial charge is 0.394 e. The lowest BCUT2D eigenvalue weighted by Gasteiger charge is -2.16. The van der Waals surface area contributed by atoms with Crippen LogP contribution in [0.2, 0.25) is 0 Å².